The first-order valence-corrected chi connectivity index (χ1v) is 9.75. The zero-order valence-electron chi connectivity index (χ0n) is 14.6. The van der Waals surface area contributed by atoms with Gasteiger partial charge in [0.25, 0.3) is 0 Å². The van der Waals surface area contributed by atoms with Gasteiger partial charge in [-0.15, -0.1) is 24.5 Å². The number of hydrogen-bond acceptors (Lipinski definition) is 3. The molecule has 1 N–H and O–H groups in total. The van der Waals surface area contributed by atoms with Crippen LogP contribution in [-0.2, 0) is 0 Å². The molecule has 2 aliphatic rings. The lowest BCUT2D eigenvalue weighted by atomic mass is 9.80. The van der Waals surface area contributed by atoms with Gasteiger partial charge in [0, 0.05) is 22.1 Å². The van der Waals surface area contributed by atoms with Crippen LogP contribution in [0.4, 0.5) is 13.2 Å². The van der Waals surface area contributed by atoms with Crippen molar-refractivity contribution in [3.63, 3.8) is 0 Å². The Morgan fingerprint density at radius 1 is 1.00 bits per heavy atom. The van der Waals surface area contributed by atoms with Crippen molar-refractivity contribution < 1.29 is 23.0 Å². The molecule has 4 rings (SSSR count). The second kappa shape index (κ2) is 7.08. The molecule has 1 unspecified atom stereocenters. The van der Waals surface area contributed by atoms with Crippen LogP contribution in [0.3, 0.4) is 0 Å². The van der Waals surface area contributed by atoms with Crippen LogP contribution >= 0.6 is 11.3 Å². The van der Waals surface area contributed by atoms with Crippen LogP contribution in [-0.4, -0.2) is 11.5 Å². The van der Waals surface area contributed by atoms with Gasteiger partial charge in [0.05, 0.1) is 5.76 Å². The van der Waals surface area contributed by atoms with Gasteiger partial charge in [-0.25, -0.2) is 0 Å². The Balaban J connectivity index is 1.51. The fourth-order valence-electron chi connectivity index (χ4n) is 3.58. The lowest BCUT2D eigenvalue weighted by molar-refractivity contribution is -0.274. The number of benzene rings is 1. The van der Waals surface area contributed by atoms with Crippen LogP contribution in [0.5, 0.6) is 5.75 Å². The van der Waals surface area contributed by atoms with Crippen molar-refractivity contribution in [2.24, 2.45) is 0 Å². The highest BCUT2D eigenvalue weighted by atomic mass is 32.1. The van der Waals surface area contributed by atoms with Crippen LogP contribution < -0.4 is 4.74 Å². The number of halogens is 3. The van der Waals surface area contributed by atoms with E-state index in [0.29, 0.717) is 12.2 Å². The molecule has 2 aromatic rings. The van der Waals surface area contributed by atoms with Crippen LogP contribution in [0.1, 0.15) is 42.9 Å². The van der Waals surface area contributed by atoms with Crippen molar-refractivity contribution in [2.45, 2.75) is 44.4 Å². The van der Waals surface area contributed by atoms with Gasteiger partial charge in [0.1, 0.15) is 5.75 Å². The molecular formula is C21H19F3O2S. The minimum absolute atomic E-state index is 0.220. The zero-order chi connectivity index (χ0) is 19.0. The molecular weight excluding hydrogens is 373 g/mol. The first kappa shape index (κ1) is 18.2. The van der Waals surface area contributed by atoms with Crippen LogP contribution in [0.15, 0.2) is 59.4 Å². The summed E-state index contributed by atoms with van der Waals surface area (Å²) in [6.45, 7) is 0. The summed E-state index contributed by atoms with van der Waals surface area (Å²) in [5.41, 5.74) is 3.59. The molecule has 142 valence electrons. The maximum atomic E-state index is 12.3. The van der Waals surface area contributed by atoms with E-state index in [1.54, 1.807) is 23.5 Å². The summed E-state index contributed by atoms with van der Waals surface area (Å²) in [5.74, 6) is 0.469. The standard InChI is InChI=1S/C21H19F3O2S/c22-21(23,24)26-18-6-4-14(5-7-18)19-8-9-20(27-19)16-10-15(11-17(25)12-16)13-2-1-3-13/h4-9,11,16,25H,1-3,10,12H2. The van der Waals surface area contributed by atoms with E-state index in [2.05, 4.69) is 10.8 Å². The fraction of sp³-hybridized carbons (Fsp3) is 0.333. The molecule has 1 aromatic heterocycles. The normalized spacial score (nSPS) is 20.3. The van der Waals surface area contributed by atoms with E-state index in [-0.39, 0.29) is 11.7 Å². The van der Waals surface area contributed by atoms with Gasteiger partial charge in [-0.1, -0.05) is 5.57 Å². The molecule has 1 aromatic carbocycles. The Kier molecular flexibility index (Phi) is 4.76. The Labute approximate surface area is 159 Å². The highest BCUT2D eigenvalue weighted by Gasteiger charge is 2.31. The van der Waals surface area contributed by atoms with Crippen molar-refractivity contribution in [2.75, 3.05) is 0 Å². The average molecular weight is 392 g/mol. The molecule has 0 spiro atoms. The molecule has 6 heteroatoms. The summed E-state index contributed by atoms with van der Waals surface area (Å²) in [6, 6.07) is 9.98. The quantitative estimate of drug-likeness (QED) is 0.603. The number of allylic oxidation sites excluding steroid dienone is 4. The highest BCUT2D eigenvalue weighted by molar-refractivity contribution is 7.15. The SMILES string of the molecule is OC1=CC(=C2CCC2)CC(c2ccc(-c3ccc(OC(F)(F)F)cc3)s2)C1. The third-order valence-electron chi connectivity index (χ3n) is 5.08. The summed E-state index contributed by atoms with van der Waals surface area (Å²) in [6.07, 6.45) is 2.32. The predicted octanol–water partition coefficient (Wildman–Crippen LogP) is 7.11. The highest BCUT2D eigenvalue weighted by Crippen LogP contribution is 2.43. The van der Waals surface area contributed by atoms with Gasteiger partial charge >= 0.3 is 6.36 Å². The third-order valence-corrected chi connectivity index (χ3v) is 6.37. The predicted molar refractivity (Wildman–Crippen MR) is 100 cm³/mol. The van der Waals surface area contributed by atoms with Crippen molar-refractivity contribution in [1.29, 1.82) is 0 Å². The Morgan fingerprint density at radius 3 is 2.37 bits per heavy atom. The molecule has 1 saturated carbocycles. The van der Waals surface area contributed by atoms with Crippen LogP contribution in [0, 0.1) is 0 Å². The molecule has 0 amide bonds. The number of aliphatic hydroxyl groups excluding tert-OH is 1. The Morgan fingerprint density at radius 2 is 1.74 bits per heavy atom. The molecule has 27 heavy (non-hydrogen) atoms. The van der Waals surface area contributed by atoms with Crippen molar-refractivity contribution in [3.8, 4) is 16.2 Å². The summed E-state index contributed by atoms with van der Waals surface area (Å²) < 4.78 is 40.7. The topological polar surface area (TPSA) is 29.5 Å². The van der Waals surface area contributed by atoms with E-state index < -0.39 is 6.36 Å². The van der Waals surface area contributed by atoms with Crippen LogP contribution in [0.25, 0.3) is 10.4 Å². The van der Waals surface area contributed by atoms with Crippen molar-refractivity contribution >= 4 is 11.3 Å². The van der Waals surface area contributed by atoms with E-state index in [1.165, 1.54) is 34.6 Å². The lowest BCUT2D eigenvalue weighted by Gasteiger charge is -2.27. The first-order valence-electron chi connectivity index (χ1n) is 8.94. The maximum Gasteiger partial charge on any atom is 0.573 e. The summed E-state index contributed by atoms with van der Waals surface area (Å²) >= 11 is 1.63. The summed E-state index contributed by atoms with van der Waals surface area (Å²) in [7, 11) is 0. The van der Waals surface area contributed by atoms with E-state index >= 15 is 0 Å². The number of hydrogen-bond donors (Lipinski definition) is 1. The van der Waals surface area contributed by atoms with E-state index in [4.69, 9.17) is 0 Å². The monoisotopic (exact) mass is 392 g/mol. The molecule has 0 bridgehead atoms. The van der Waals surface area contributed by atoms with E-state index in [0.717, 1.165) is 29.7 Å². The Hall–Kier alpha value is -2.21. The van der Waals surface area contributed by atoms with E-state index in [1.807, 2.05) is 12.1 Å². The molecule has 2 nitrogen and oxygen atoms in total. The molecule has 1 atom stereocenters. The average Bonchev–Trinajstić information content (AvgIpc) is 3.02. The number of alkyl halides is 3. The van der Waals surface area contributed by atoms with Crippen molar-refractivity contribution in [1.82, 2.24) is 0 Å². The third kappa shape index (κ3) is 4.21. The van der Waals surface area contributed by atoms with Gasteiger partial charge in [-0.3, -0.25) is 0 Å². The second-order valence-corrected chi connectivity index (χ2v) is 8.11. The lowest BCUT2D eigenvalue weighted by Crippen LogP contribution is -2.16. The number of thiophene rings is 1. The number of aliphatic hydroxyl groups is 1. The molecule has 0 radical (unpaired) electrons. The minimum Gasteiger partial charge on any atom is -0.512 e. The molecule has 0 aliphatic heterocycles. The van der Waals surface area contributed by atoms with Crippen molar-refractivity contribution in [3.05, 3.63) is 64.3 Å². The van der Waals surface area contributed by atoms with Gasteiger partial charge < -0.3 is 9.84 Å². The second-order valence-electron chi connectivity index (χ2n) is 7.00. The van der Waals surface area contributed by atoms with Crippen LogP contribution in [0.2, 0.25) is 0 Å². The molecule has 2 aliphatic carbocycles. The first-order chi connectivity index (χ1) is 12.9. The Bertz CT molecular complexity index is 885. The zero-order valence-corrected chi connectivity index (χ0v) is 15.4. The molecule has 1 heterocycles. The van der Waals surface area contributed by atoms with Gasteiger partial charge in [0.2, 0.25) is 0 Å². The number of ether oxygens (including phenoxy) is 1. The van der Waals surface area contributed by atoms with Gasteiger partial charge in [-0.2, -0.15) is 0 Å². The largest absolute Gasteiger partial charge is 0.573 e. The molecule has 0 saturated heterocycles. The number of rotatable bonds is 3. The molecule has 1 fully saturated rings. The minimum atomic E-state index is -4.68. The smallest absolute Gasteiger partial charge is 0.512 e. The van der Waals surface area contributed by atoms with Gasteiger partial charge in [0.15, 0.2) is 0 Å². The maximum absolute atomic E-state index is 12.3. The van der Waals surface area contributed by atoms with E-state index in [9.17, 15) is 18.3 Å². The van der Waals surface area contributed by atoms with Gasteiger partial charge in [-0.05, 0) is 79.3 Å². The fourth-order valence-corrected chi connectivity index (χ4v) is 4.69. The summed E-state index contributed by atoms with van der Waals surface area (Å²) in [5, 5.41) is 10.2. The summed E-state index contributed by atoms with van der Waals surface area (Å²) in [4.78, 5) is 2.19.